The van der Waals surface area contributed by atoms with Crippen molar-refractivity contribution in [1.29, 1.82) is 0 Å². The average molecular weight is 473 g/mol. The number of rotatable bonds is 9. The number of esters is 2. The third-order valence-electron chi connectivity index (χ3n) is 4.94. The van der Waals surface area contributed by atoms with E-state index < -0.39 is 11.9 Å². The van der Waals surface area contributed by atoms with Gasteiger partial charge in [-0.15, -0.1) is 21.5 Å². The van der Waals surface area contributed by atoms with E-state index in [1.807, 2.05) is 34.9 Å². The van der Waals surface area contributed by atoms with Crippen LogP contribution >= 0.6 is 23.1 Å². The van der Waals surface area contributed by atoms with Crippen LogP contribution in [-0.2, 0) is 15.2 Å². The quantitative estimate of drug-likeness (QED) is 0.360. The second-order valence-corrected chi connectivity index (χ2v) is 9.16. The standard InChI is InChI=1S/C22H24N4O4S2/c1-3-29-20(27)16-15(17(32-18(16)23)21(28)30-4-2)12-31-22-25-24-19(13-10-11-13)26(22)14-8-6-5-7-9-14/h5-9,13H,3-4,10-12,23H2,1-2H3. The molecule has 1 aliphatic rings. The molecule has 0 amide bonds. The summed E-state index contributed by atoms with van der Waals surface area (Å²) in [5.41, 5.74) is 7.82. The zero-order chi connectivity index (χ0) is 22.7. The molecule has 0 aliphatic heterocycles. The lowest BCUT2D eigenvalue weighted by atomic mass is 10.1. The Kier molecular flexibility index (Phi) is 6.80. The highest BCUT2D eigenvalue weighted by Gasteiger charge is 2.32. The van der Waals surface area contributed by atoms with E-state index in [2.05, 4.69) is 10.2 Å². The van der Waals surface area contributed by atoms with Gasteiger partial charge < -0.3 is 15.2 Å². The number of benzene rings is 1. The number of ether oxygens (including phenoxy) is 2. The van der Waals surface area contributed by atoms with E-state index in [9.17, 15) is 9.59 Å². The van der Waals surface area contributed by atoms with Crippen molar-refractivity contribution in [3.63, 3.8) is 0 Å². The molecule has 1 fully saturated rings. The summed E-state index contributed by atoms with van der Waals surface area (Å²) in [5.74, 6) is 0.582. The van der Waals surface area contributed by atoms with Gasteiger partial charge >= 0.3 is 11.9 Å². The maximum atomic E-state index is 12.6. The maximum absolute atomic E-state index is 12.6. The van der Waals surface area contributed by atoms with Gasteiger partial charge in [-0.25, -0.2) is 9.59 Å². The molecule has 0 spiro atoms. The summed E-state index contributed by atoms with van der Waals surface area (Å²) in [7, 11) is 0. The molecule has 2 heterocycles. The number of nitrogens with zero attached hydrogens (tertiary/aromatic N) is 3. The van der Waals surface area contributed by atoms with Crippen LogP contribution in [0.25, 0.3) is 5.69 Å². The lowest BCUT2D eigenvalue weighted by Gasteiger charge is -2.11. The van der Waals surface area contributed by atoms with Gasteiger partial charge in [-0.2, -0.15) is 0 Å². The van der Waals surface area contributed by atoms with Gasteiger partial charge in [-0.3, -0.25) is 4.57 Å². The number of thiophene rings is 1. The van der Waals surface area contributed by atoms with Crippen molar-refractivity contribution >= 4 is 40.0 Å². The third-order valence-corrected chi connectivity index (χ3v) is 6.93. The normalized spacial score (nSPS) is 13.2. The monoisotopic (exact) mass is 472 g/mol. The second-order valence-electron chi connectivity index (χ2n) is 7.16. The fourth-order valence-electron chi connectivity index (χ4n) is 3.35. The summed E-state index contributed by atoms with van der Waals surface area (Å²) < 4.78 is 12.4. The van der Waals surface area contributed by atoms with Crippen LogP contribution in [0.2, 0.25) is 0 Å². The minimum Gasteiger partial charge on any atom is -0.462 e. The van der Waals surface area contributed by atoms with E-state index >= 15 is 0 Å². The summed E-state index contributed by atoms with van der Waals surface area (Å²) in [5, 5.41) is 9.77. The molecular formula is C22H24N4O4S2. The Bertz CT molecular complexity index is 1120. The molecule has 4 rings (SSSR count). The number of carbonyl (C=O) groups is 2. The highest BCUT2D eigenvalue weighted by atomic mass is 32.2. The number of hydrogen-bond donors (Lipinski definition) is 1. The molecule has 1 saturated carbocycles. The van der Waals surface area contributed by atoms with Crippen LogP contribution in [-0.4, -0.2) is 39.9 Å². The summed E-state index contributed by atoms with van der Waals surface area (Å²) in [6.07, 6.45) is 2.19. The van der Waals surface area contributed by atoms with Gasteiger partial charge in [0.25, 0.3) is 0 Å². The molecule has 3 aromatic rings. The van der Waals surface area contributed by atoms with E-state index in [4.69, 9.17) is 15.2 Å². The van der Waals surface area contributed by atoms with E-state index in [-0.39, 0.29) is 23.8 Å². The number of para-hydroxylation sites is 1. The molecule has 0 saturated heterocycles. The van der Waals surface area contributed by atoms with Gasteiger partial charge in [0.15, 0.2) is 5.16 Å². The van der Waals surface area contributed by atoms with E-state index in [0.717, 1.165) is 35.7 Å². The molecule has 8 nitrogen and oxygen atoms in total. The Labute approximate surface area is 194 Å². The number of hydrogen-bond acceptors (Lipinski definition) is 9. The smallest absolute Gasteiger partial charge is 0.348 e. The number of anilines is 1. The third kappa shape index (κ3) is 4.51. The zero-order valence-electron chi connectivity index (χ0n) is 17.9. The first-order valence-corrected chi connectivity index (χ1v) is 12.2. The van der Waals surface area contributed by atoms with Gasteiger partial charge in [-0.1, -0.05) is 30.0 Å². The van der Waals surface area contributed by atoms with Crippen molar-refractivity contribution in [3.8, 4) is 5.69 Å². The van der Waals surface area contributed by atoms with Gasteiger partial charge in [-0.05, 0) is 38.8 Å². The molecule has 10 heteroatoms. The largest absolute Gasteiger partial charge is 0.462 e. The van der Waals surface area contributed by atoms with Crippen molar-refractivity contribution in [2.45, 2.75) is 43.5 Å². The molecular weight excluding hydrogens is 448 g/mol. The molecule has 2 aromatic heterocycles. The van der Waals surface area contributed by atoms with E-state index in [0.29, 0.717) is 27.3 Å². The molecule has 1 aromatic carbocycles. The van der Waals surface area contributed by atoms with Crippen molar-refractivity contribution in [2.75, 3.05) is 18.9 Å². The first-order valence-electron chi connectivity index (χ1n) is 10.4. The summed E-state index contributed by atoms with van der Waals surface area (Å²) in [4.78, 5) is 25.5. The molecule has 32 heavy (non-hydrogen) atoms. The van der Waals surface area contributed by atoms with Crippen LogP contribution in [0.5, 0.6) is 0 Å². The Hall–Kier alpha value is -2.85. The maximum Gasteiger partial charge on any atom is 0.348 e. The Morgan fingerprint density at radius 1 is 1.12 bits per heavy atom. The lowest BCUT2D eigenvalue weighted by molar-refractivity contribution is 0.0527. The molecule has 0 unspecified atom stereocenters. The molecule has 2 N–H and O–H groups in total. The van der Waals surface area contributed by atoms with Crippen LogP contribution in [0.15, 0.2) is 35.5 Å². The number of carbonyl (C=O) groups excluding carboxylic acids is 2. The van der Waals surface area contributed by atoms with Gasteiger partial charge in [0, 0.05) is 22.9 Å². The lowest BCUT2D eigenvalue weighted by Crippen LogP contribution is -2.11. The topological polar surface area (TPSA) is 109 Å². The molecule has 168 valence electrons. The summed E-state index contributed by atoms with van der Waals surface area (Å²) in [6.45, 7) is 3.90. The first kappa shape index (κ1) is 22.3. The Morgan fingerprint density at radius 3 is 2.47 bits per heavy atom. The minimum absolute atomic E-state index is 0.211. The molecule has 0 atom stereocenters. The van der Waals surface area contributed by atoms with Gasteiger partial charge in [0.1, 0.15) is 15.7 Å². The van der Waals surface area contributed by atoms with Crippen LogP contribution < -0.4 is 5.73 Å². The van der Waals surface area contributed by atoms with Crippen LogP contribution in [0.3, 0.4) is 0 Å². The molecule has 1 aliphatic carbocycles. The number of thioether (sulfide) groups is 1. The number of nitrogen functional groups attached to an aromatic ring is 1. The predicted molar refractivity (Wildman–Crippen MR) is 124 cm³/mol. The van der Waals surface area contributed by atoms with Crippen LogP contribution in [0, 0.1) is 0 Å². The van der Waals surface area contributed by atoms with Crippen molar-refractivity contribution < 1.29 is 19.1 Å². The van der Waals surface area contributed by atoms with Crippen molar-refractivity contribution in [3.05, 3.63) is 52.2 Å². The van der Waals surface area contributed by atoms with E-state index in [1.54, 1.807) is 13.8 Å². The molecule has 0 radical (unpaired) electrons. The fraction of sp³-hybridized carbons (Fsp3) is 0.364. The Morgan fingerprint density at radius 2 is 1.81 bits per heavy atom. The fourth-order valence-corrected chi connectivity index (χ4v) is 5.40. The minimum atomic E-state index is -0.546. The summed E-state index contributed by atoms with van der Waals surface area (Å²) in [6, 6.07) is 9.92. The summed E-state index contributed by atoms with van der Waals surface area (Å²) >= 11 is 2.44. The molecule has 0 bridgehead atoms. The van der Waals surface area contributed by atoms with Gasteiger partial charge in [0.05, 0.1) is 18.8 Å². The van der Waals surface area contributed by atoms with Crippen LogP contribution in [0.4, 0.5) is 5.00 Å². The predicted octanol–water partition coefficient (Wildman–Crippen LogP) is 4.43. The van der Waals surface area contributed by atoms with Crippen molar-refractivity contribution in [2.24, 2.45) is 0 Å². The number of aromatic nitrogens is 3. The van der Waals surface area contributed by atoms with E-state index in [1.165, 1.54) is 11.8 Å². The highest BCUT2D eigenvalue weighted by molar-refractivity contribution is 7.98. The SMILES string of the molecule is CCOC(=O)c1sc(N)c(C(=O)OCC)c1CSc1nnc(C2CC2)n1-c1ccccc1. The highest BCUT2D eigenvalue weighted by Crippen LogP contribution is 2.42. The Balaban J connectivity index is 1.69. The number of nitrogens with two attached hydrogens (primary N) is 1. The van der Waals surface area contributed by atoms with Crippen LogP contribution in [0.1, 0.15) is 64.0 Å². The second kappa shape index (κ2) is 9.74. The van der Waals surface area contributed by atoms with Gasteiger partial charge in [0.2, 0.25) is 0 Å². The average Bonchev–Trinajstić information content (AvgIpc) is 3.45. The van der Waals surface area contributed by atoms with Crippen molar-refractivity contribution in [1.82, 2.24) is 14.8 Å². The zero-order valence-corrected chi connectivity index (χ0v) is 19.5. The first-order chi connectivity index (χ1) is 15.5.